The summed E-state index contributed by atoms with van der Waals surface area (Å²) in [5, 5.41) is 10.8. The fraction of sp³-hybridized carbons (Fsp3) is 0.381. The zero-order valence-corrected chi connectivity index (χ0v) is 32.8. The molecule has 3 aliphatic heterocycles. The van der Waals surface area contributed by atoms with Crippen LogP contribution in [0, 0.1) is 0 Å². The van der Waals surface area contributed by atoms with Crippen molar-refractivity contribution in [3.05, 3.63) is 94.4 Å². The van der Waals surface area contributed by atoms with Crippen LogP contribution in [-0.4, -0.2) is 100 Å². The van der Waals surface area contributed by atoms with Crippen molar-refractivity contribution in [1.29, 1.82) is 0 Å². The summed E-state index contributed by atoms with van der Waals surface area (Å²) in [6, 6.07) is 17.9. The largest absolute Gasteiger partial charge is 0.492 e. The number of amides is 3. The molecule has 6 heterocycles. The molecule has 2 aromatic carbocycles. The number of nitrogens with two attached hydrogens (primary N) is 1. The minimum Gasteiger partial charge on any atom is -0.492 e. The number of pyridine rings is 1. The van der Waals surface area contributed by atoms with E-state index < -0.39 is 11.8 Å². The Labute approximate surface area is 336 Å². The Morgan fingerprint density at radius 2 is 1.77 bits per heavy atom. The third-order valence-corrected chi connectivity index (χ3v) is 11.2. The summed E-state index contributed by atoms with van der Waals surface area (Å²) in [5.41, 5.74) is 13.3. The summed E-state index contributed by atoms with van der Waals surface area (Å²) in [7, 11) is 1.81. The first-order chi connectivity index (χ1) is 27.7. The first-order valence-corrected chi connectivity index (χ1v) is 20.0. The number of primary amides is 1. The molecule has 0 bridgehead atoms. The third-order valence-electron chi connectivity index (χ3n) is 10.9. The second-order valence-corrected chi connectivity index (χ2v) is 15.3. The van der Waals surface area contributed by atoms with E-state index in [1.807, 2.05) is 37.5 Å². The monoisotopic (exact) mass is 790 g/mol. The molecule has 3 amide bonds. The van der Waals surface area contributed by atoms with Crippen LogP contribution >= 0.6 is 11.6 Å². The summed E-state index contributed by atoms with van der Waals surface area (Å²) >= 11 is 6.41. The molecule has 1 saturated carbocycles. The van der Waals surface area contributed by atoms with Gasteiger partial charge in [0.15, 0.2) is 11.5 Å². The number of hydrogen-bond donors (Lipinski definition) is 3. The Kier molecular flexibility index (Phi) is 11.3. The first kappa shape index (κ1) is 38.3. The lowest BCUT2D eigenvalue weighted by Crippen LogP contribution is -2.47. The van der Waals surface area contributed by atoms with Crippen LogP contribution in [0.5, 0.6) is 5.75 Å². The van der Waals surface area contributed by atoms with Gasteiger partial charge in [-0.15, -0.1) is 5.10 Å². The van der Waals surface area contributed by atoms with Crippen molar-refractivity contribution in [2.75, 3.05) is 63.1 Å². The number of piperidine rings is 1. The van der Waals surface area contributed by atoms with Gasteiger partial charge in [0.2, 0.25) is 11.8 Å². The molecule has 296 valence electrons. The van der Waals surface area contributed by atoms with E-state index in [4.69, 9.17) is 32.2 Å². The van der Waals surface area contributed by atoms with Gasteiger partial charge >= 0.3 is 0 Å². The molecule has 3 fully saturated rings. The lowest BCUT2D eigenvalue weighted by molar-refractivity contribution is -0.134. The summed E-state index contributed by atoms with van der Waals surface area (Å²) in [6.07, 6.45) is 9.50. The highest BCUT2D eigenvalue weighted by molar-refractivity contribution is 6.31. The fourth-order valence-electron chi connectivity index (χ4n) is 7.62. The summed E-state index contributed by atoms with van der Waals surface area (Å²) in [5.74, 6) is -0.238. The molecule has 2 saturated heterocycles. The number of aromatic nitrogens is 4. The van der Waals surface area contributed by atoms with Gasteiger partial charge in [0.25, 0.3) is 5.91 Å². The maximum absolute atomic E-state index is 12.4. The number of halogens is 1. The number of carbonyl (C=O) groups is 3. The molecule has 4 N–H and O–H groups in total. The van der Waals surface area contributed by atoms with Crippen LogP contribution < -0.4 is 26.0 Å². The lowest BCUT2D eigenvalue weighted by atomic mass is 9.90. The Hall–Kier alpha value is -5.57. The minimum absolute atomic E-state index is 0.229. The van der Waals surface area contributed by atoms with Crippen molar-refractivity contribution in [3.63, 3.8) is 0 Å². The molecule has 9 rings (SSSR count). The number of fused-ring (bicyclic) bond motifs is 2. The van der Waals surface area contributed by atoms with Crippen molar-refractivity contribution in [2.24, 2.45) is 5.73 Å². The smallest absolute Gasteiger partial charge is 0.269 e. The predicted octanol–water partition coefficient (Wildman–Crippen LogP) is 5.17. The van der Waals surface area contributed by atoms with E-state index in [2.05, 4.69) is 54.6 Å². The van der Waals surface area contributed by atoms with Gasteiger partial charge in [-0.2, -0.15) is 0 Å². The molecule has 1 unspecified atom stereocenters. The van der Waals surface area contributed by atoms with E-state index >= 15 is 0 Å². The topological polar surface area (TPSA) is 163 Å². The number of hydrogen-bond acceptors (Lipinski definition) is 11. The second-order valence-electron chi connectivity index (χ2n) is 14.9. The van der Waals surface area contributed by atoms with Crippen molar-refractivity contribution >= 4 is 52.2 Å². The molecular weight excluding hydrogens is 744 g/mol. The number of nitrogens with zero attached hydrogens (tertiary/aromatic N) is 7. The normalized spacial score (nSPS) is 18.1. The standard InChI is InChI=1S/C39H41ClN10O4.C3H6/c1-42-32-20-35(46-50-34(37(41)52)22-44-38(32)50)49-12-11-27-26(3-2-4-33(27)49)31-9-5-24(21-43-31)23-48-15-13-47(14-16-48)17-18-54-25-6-8-30(40)29(19-25)28-7-10-36(51)45-39(28)53;1-2-3-1/h2-6,8-9,19-22,28,42H,7,10-18,23H2,1H3,(H2,41,52)(H,45,51,53);1-3H2. The summed E-state index contributed by atoms with van der Waals surface area (Å²) in [4.78, 5) is 52.3. The highest BCUT2D eigenvalue weighted by Gasteiger charge is 2.30. The molecule has 14 nitrogen and oxygen atoms in total. The zero-order valence-electron chi connectivity index (χ0n) is 32.0. The molecule has 5 aromatic rings. The number of nitrogens with one attached hydrogen (secondary N) is 2. The van der Waals surface area contributed by atoms with E-state index in [1.165, 1.54) is 41.1 Å². The van der Waals surface area contributed by atoms with Crippen LogP contribution in [0.25, 0.3) is 16.9 Å². The van der Waals surface area contributed by atoms with Gasteiger partial charge in [-0.25, -0.2) is 9.50 Å². The Morgan fingerprint density at radius 1 is 0.965 bits per heavy atom. The lowest BCUT2D eigenvalue weighted by Gasteiger charge is -2.34. The molecule has 1 aliphatic carbocycles. The van der Waals surface area contributed by atoms with Gasteiger partial charge in [-0.1, -0.05) is 49.1 Å². The predicted molar refractivity (Wildman–Crippen MR) is 219 cm³/mol. The van der Waals surface area contributed by atoms with Crippen LogP contribution in [0.2, 0.25) is 5.02 Å². The van der Waals surface area contributed by atoms with E-state index in [9.17, 15) is 14.4 Å². The number of ether oxygens (including phenoxy) is 1. The maximum atomic E-state index is 12.4. The van der Waals surface area contributed by atoms with Gasteiger partial charge in [-0.3, -0.25) is 34.5 Å². The third kappa shape index (κ3) is 8.58. The molecule has 15 heteroatoms. The van der Waals surface area contributed by atoms with Crippen LogP contribution in [0.1, 0.15) is 65.2 Å². The van der Waals surface area contributed by atoms with Gasteiger partial charge in [0.05, 0.1) is 23.5 Å². The van der Waals surface area contributed by atoms with Crippen LogP contribution in [0.3, 0.4) is 0 Å². The molecule has 0 radical (unpaired) electrons. The summed E-state index contributed by atoms with van der Waals surface area (Å²) < 4.78 is 7.57. The van der Waals surface area contributed by atoms with Crippen LogP contribution in [0.15, 0.2) is 67.0 Å². The maximum Gasteiger partial charge on any atom is 0.269 e. The number of piperazine rings is 1. The van der Waals surface area contributed by atoms with Crippen LogP contribution in [0.4, 0.5) is 17.2 Å². The van der Waals surface area contributed by atoms with Gasteiger partial charge in [0, 0.05) is 87.8 Å². The van der Waals surface area contributed by atoms with Crippen molar-refractivity contribution in [1.82, 2.24) is 34.7 Å². The van der Waals surface area contributed by atoms with Crippen molar-refractivity contribution in [2.45, 2.75) is 51.0 Å². The van der Waals surface area contributed by atoms with Crippen molar-refractivity contribution < 1.29 is 19.1 Å². The number of imide groups is 1. The fourth-order valence-corrected chi connectivity index (χ4v) is 7.87. The van der Waals surface area contributed by atoms with E-state index in [0.29, 0.717) is 47.2 Å². The minimum atomic E-state index is -0.586. The van der Waals surface area contributed by atoms with E-state index in [0.717, 1.165) is 74.9 Å². The van der Waals surface area contributed by atoms with Crippen molar-refractivity contribution in [3.8, 4) is 17.0 Å². The highest BCUT2D eigenvalue weighted by Crippen LogP contribution is 2.40. The van der Waals surface area contributed by atoms with Gasteiger partial charge in [-0.05, 0) is 59.9 Å². The van der Waals surface area contributed by atoms with Gasteiger partial charge < -0.3 is 20.7 Å². The quantitative estimate of drug-likeness (QED) is 0.151. The molecule has 0 spiro atoms. The SMILES string of the molecule is C1CC1.CNc1cc(N2CCc3c(-c4ccc(CN5CCN(CCOc6ccc(Cl)c(C7CCC(=O)NC7=O)c6)CC5)cn4)cccc32)nn2c(C(N)=O)cnc12. The number of rotatable bonds is 11. The molecule has 3 aromatic heterocycles. The number of carbonyl (C=O) groups excluding carboxylic acids is 3. The average molecular weight is 791 g/mol. The number of benzene rings is 2. The average Bonchev–Trinajstić information content (AvgIpc) is 3.94. The first-order valence-electron chi connectivity index (χ1n) is 19.7. The summed E-state index contributed by atoms with van der Waals surface area (Å²) in [6.45, 7) is 6.63. The Bertz CT molecular complexity index is 2280. The zero-order chi connectivity index (χ0) is 39.5. The van der Waals surface area contributed by atoms with E-state index in [1.54, 1.807) is 6.07 Å². The van der Waals surface area contributed by atoms with Crippen LogP contribution in [-0.2, 0) is 22.6 Å². The van der Waals surface area contributed by atoms with Gasteiger partial charge in [0.1, 0.15) is 18.1 Å². The highest BCUT2D eigenvalue weighted by atomic mass is 35.5. The number of imidazole rings is 1. The Balaban J connectivity index is 0.00000145. The number of anilines is 3. The molecule has 4 aliphatic rings. The second kappa shape index (κ2) is 16.9. The molecule has 1 atom stereocenters. The molecular formula is C42H47ClN10O4. The van der Waals surface area contributed by atoms with E-state index in [-0.39, 0.29) is 17.5 Å². The molecule has 57 heavy (non-hydrogen) atoms. The Morgan fingerprint density at radius 3 is 2.49 bits per heavy atom.